The molecule has 31 nitrogen and oxygen atoms in total. The maximum Gasteiger partial charge on any atom is 0.434 e. The first kappa shape index (κ1) is 81.6. The molecule has 6 atom stereocenters. The fraction of sp³-hybridized carbons (Fsp3) is 0.291. The summed E-state index contributed by atoms with van der Waals surface area (Å²) in [7, 11) is 0. The number of nitrogens with zero attached hydrogens (tertiary/aromatic N) is 19. The van der Waals surface area contributed by atoms with E-state index < -0.39 is 103 Å². The Morgan fingerprint density at radius 1 is 0.419 bits per heavy atom. The third kappa shape index (κ3) is 18.7. The van der Waals surface area contributed by atoms with E-state index in [0.717, 1.165) is 44.6 Å². The molecule has 0 unspecified atom stereocenters. The van der Waals surface area contributed by atoms with Gasteiger partial charge < -0.3 is 30.7 Å². The highest BCUT2D eigenvalue weighted by Gasteiger charge is 2.44. The van der Waals surface area contributed by atoms with Crippen molar-refractivity contribution >= 4 is 119 Å². The first-order valence-corrected chi connectivity index (χ1v) is 37.2. The fourth-order valence-corrected chi connectivity index (χ4v) is 14.1. The SMILES string of the molecule is CC(=O)c1nn(CC(=O)N2C[C@H](F)C[C@H]2C(=O)Nc2cccc(Br)n2)c2ccc(-c3cnc(C)nc3)cc12.CC(=O)c1nn(CC(=O)N2C[C@H](F)C[C@H]2C(=O)Nc2cccc(C)n2)c2ccc(-c3cnc(C)nc3)cc12.CC(=O)c1nn(CC(=O)N2C[C@H](F)C[C@H]2C(=O)Nc2cncc(C(F)(F)F)n2)c2ccc(-c3cnc(C)nc3)cc12. The highest BCUT2D eigenvalue weighted by Crippen LogP contribution is 2.34. The van der Waals surface area contributed by atoms with E-state index >= 15 is 0 Å². The second-order valence-corrected chi connectivity index (χ2v) is 28.7. The van der Waals surface area contributed by atoms with Gasteiger partial charge in [-0.15, -0.1) is 0 Å². The van der Waals surface area contributed by atoms with E-state index in [0.29, 0.717) is 72.4 Å². The van der Waals surface area contributed by atoms with E-state index in [9.17, 15) is 69.5 Å². The van der Waals surface area contributed by atoms with Crippen molar-refractivity contribution in [1.29, 1.82) is 0 Å². The maximum absolute atomic E-state index is 14.4. The molecule has 600 valence electrons. The molecule has 38 heteroatoms. The number of carbonyl (C=O) groups excluding carboxylic acids is 9. The zero-order chi connectivity index (χ0) is 83.4. The predicted molar refractivity (Wildman–Crippen MR) is 415 cm³/mol. The van der Waals surface area contributed by atoms with Crippen molar-refractivity contribution in [1.82, 2.24) is 93.9 Å². The number of Topliss-reactive ketones (excluding diaryl/α,β-unsaturated/α-hetero) is 3. The molecule has 9 aromatic heterocycles. The largest absolute Gasteiger partial charge is 0.434 e. The van der Waals surface area contributed by atoms with Gasteiger partial charge in [-0.25, -0.2) is 58.0 Å². The van der Waals surface area contributed by atoms with Gasteiger partial charge in [-0.2, -0.15) is 28.5 Å². The minimum absolute atomic E-state index is 0.107. The normalized spacial score (nSPS) is 17.1. The molecule has 15 rings (SSSR count). The van der Waals surface area contributed by atoms with Crippen LogP contribution in [0.3, 0.4) is 0 Å². The Morgan fingerprint density at radius 2 is 0.752 bits per heavy atom. The Hall–Kier alpha value is -13.4. The van der Waals surface area contributed by atoms with Crippen LogP contribution in [-0.2, 0) is 54.6 Å². The molecular formula is C79H71BrF6N22O9. The molecule has 6 amide bonds. The molecule has 0 bridgehead atoms. The number of hydrogen-bond acceptors (Lipinski definition) is 22. The number of pyridine rings is 2. The van der Waals surface area contributed by atoms with Crippen molar-refractivity contribution in [2.24, 2.45) is 0 Å². The summed E-state index contributed by atoms with van der Waals surface area (Å²) < 4.78 is 86.8. The molecule has 117 heavy (non-hydrogen) atoms. The van der Waals surface area contributed by atoms with E-state index in [4.69, 9.17) is 0 Å². The van der Waals surface area contributed by atoms with Gasteiger partial charge in [0.15, 0.2) is 28.9 Å². The summed E-state index contributed by atoms with van der Waals surface area (Å²) in [6.45, 7) is 9.52. The monoisotopic (exact) mass is 1660 g/mol. The average molecular weight is 1670 g/mol. The third-order valence-electron chi connectivity index (χ3n) is 19.4. The molecule has 3 aliphatic heterocycles. The van der Waals surface area contributed by atoms with E-state index in [2.05, 4.69) is 97.0 Å². The number of alkyl halides is 6. The summed E-state index contributed by atoms with van der Waals surface area (Å²) in [4.78, 5) is 160. The number of hydrogen-bond donors (Lipinski definition) is 3. The zero-order valence-corrected chi connectivity index (χ0v) is 65.0. The van der Waals surface area contributed by atoms with Crippen LogP contribution in [0.1, 0.15) is 100 Å². The van der Waals surface area contributed by atoms with E-state index in [1.165, 1.54) is 44.6 Å². The van der Waals surface area contributed by atoms with Gasteiger partial charge in [-0.05, 0) is 121 Å². The lowest BCUT2D eigenvalue weighted by atomic mass is 10.0. The van der Waals surface area contributed by atoms with Crippen molar-refractivity contribution < 1.29 is 69.5 Å². The van der Waals surface area contributed by atoms with Gasteiger partial charge in [0.05, 0.1) is 48.6 Å². The lowest BCUT2D eigenvalue weighted by Crippen LogP contribution is -2.44. The third-order valence-corrected chi connectivity index (χ3v) is 19.8. The van der Waals surface area contributed by atoms with Crippen LogP contribution in [-0.4, -0.2) is 203 Å². The predicted octanol–water partition coefficient (Wildman–Crippen LogP) is 10.4. The van der Waals surface area contributed by atoms with Crippen LogP contribution < -0.4 is 16.0 Å². The molecule has 0 saturated carbocycles. The second-order valence-electron chi connectivity index (χ2n) is 27.9. The van der Waals surface area contributed by atoms with Crippen LogP contribution in [0.4, 0.5) is 43.8 Å². The van der Waals surface area contributed by atoms with Crippen LogP contribution in [0.5, 0.6) is 0 Å². The quantitative estimate of drug-likeness (QED) is 0.0408. The van der Waals surface area contributed by atoms with Crippen molar-refractivity contribution in [3.05, 3.63) is 191 Å². The highest BCUT2D eigenvalue weighted by atomic mass is 79.9. The minimum Gasteiger partial charge on any atom is -0.326 e. The maximum atomic E-state index is 14.4. The smallest absolute Gasteiger partial charge is 0.326 e. The van der Waals surface area contributed by atoms with Gasteiger partial charge in [0.1, 0.15) is 107 Å². The molecule has 0 spiro atoms. The number of aromatic nitrogens is 16. The van der Waals surface area contributed by atoms with Gasteiger partial charge in [-0.1, -0.05) is 30.3 Å². The number of fused-ring (bicyclic) bond motifs is 3. The number of halogens is 7. The summed E-state index contributed by atoms with van der Waals surface area (Å²) >= 11 is 3.24. The number of likely N-dealkylation sites (tertiary alicyclic amines) is 3. The second kappa shape index (κ2) is 34.3. The first-order chi connectivity index (χ1) is 55.8. The number of ketones is 3. The van der Waals surface area contributed by atoms with Gasteiger partial charge in [0.25, 0.3) is 0 Å². The number of amides is 6. The van der Waals surface area contributed by atoms with Crippen molar-refractivity contribution in [3.63, 3.8) is 0 Å². The molecule has 12 heterocycles. The van der Waals surface area contributed by atoms with E-state index in [1.807, 2.05) is 24.3 Å². The lowest BCUT2D eigenvalue weighted by Gasteiger charge is -2.23. The topological polar surface area (TPSA) is 382 Å². The standard InChI is InChI=1S/C27H26FN7O3.C26H23BrFN7O3.C26H22F4N8O3/c1-15-5-4-6-24(31-15)32-27(38)23-10-20(28)13-34(23)25(37)14-35-22-8-7-18(19-11-29-17(3)30-12-19)9-21(22)26(33-35)16(2)36;1-14(36)25-19-8-16(17-10-29-15(2)30-11-17)6-7-20(19)35(33-25)13-24(37)34-12-18(28)9-21(34)26(38)32-23-5-3-4-22(27)31-23;1-13(39)24-18-5-15(16-7-32-14(2)33-8-16)3-4-19(18)38(36-24)12-23(40)37-11-17(27)6-20(37)25(41)35-22-10-31-9-21(34-22)26(28,29)30/h4-9,11-12,20,23H,10,13-14H2,1-3H3,(H,31,32,38);3-8,10-11,18,21H,9,12-13H2,1-2H3,(H,31,32,38);3-5,7-10,17,20H,6,11-12H2,1-2H3,(H,34,35,41)/t20-,23+;18-,21+;17-,20+/m111/s1. The van der Waals surface area contributed by atoms with Gasteiger partial charge in [-0.3, -0.25) is 62.2 Å². The minimum atomic E-state index is -4.78. The molecule has 3 saturated heterocycles. The first-order valence-electron chi connectivity index (χ1n) is 36.4. The van der Waals surface area contributed by atoms with Gasteiger partial charge in [0.2, 0.25) is 35.4 Å². The van der Waals surface area contributed by atoms with Crippen LogP contribution in [0.15, 0.2) is 145 Å². The van der Waals surface area contributed by atoms with Gasteiger partial charge >= 0.3 is 6.18 Å². The number of carbonyl (C=O) groups is 9. The van der Waals surface area contributed by atoms with Crippen LogP contribution in [0, 0.1) is 27.7 Å². The van der Waals surface area contributed by atoms with E-state index in [-0.39, 0.29) is 85.7 Å². The summed E-state index contributed by atoms with van der Waals surface area (Å²) in [5, 5.41) is 22.2. The summed E-state index contributed by atoms with van der Waals surface area (Å²) in [5.74, 6) is -2.41. The van der Waals surface area contributed by atoms with Crippen LogP contribution >= 0.6 is 15.9 Å². The molecule has 3 fully saturated rings. The van der Waals surface area contributed by atoms with Crippen molar-refractivity contribution in [2.75, 3.05) is 35.6 Å². The lowest BCUT2D eigenvalue weighted by molar-refractivity contribution is -0.141. The van der Waals surface area contributed by atoms with Gasteiger partial charge in [0, 0.05) is 116 Å². The Balaban J connectivity index is 0.000000153. The number of rotatable bonds is 18. The molecule has 0 aliphatic carbocycles. The Labute approximate surface area is 669 Å². The molecular weight excluding hydrogens is 1590 g/mol. The zero-order valence-electron chi connectivity index (χ0n) is 63.4. The number of anilines is 3. The number of aryl methyl sites for hydroxylation is 4. The Bertz CT molecular complexity index is 5660. The van der Waals surface area contributed by atoms with E-state index in [1.54, 1.807) is 132 Å². The number of nitrogens with one attached hydrogen (secondary N) is 3. The van der Waals surface area contributed by atoms with Crippen molar-refractivity contribution in [2.45, 2.75) is 130 Å². The Morgan fingerprint density at radius 3 is 1.08 bits per heavy atom. The average Bonchev–Trinajstić information content (AvgIpc) is 1.64. The van der Waals surface area contributed by atoms with Crippen LogP contribution in [0.25, 0.3) is 66.1 Å². The molecule has 12 aromatic rings. The Kier molecular flexibility index (Phi) is 23.9. The van der Waals surface area contributed by atoms with Crippen LogP contribution in [0.2, 0.25) is 0 Å². The molecule has 0 radical (unpaired) electrons. The number of benzene rings is 3. The van der Waals surface area contributed by atoms with Crippen molar-refractivity contribution in [3.8, 4) is 33.4 Å². The summed E-state index contributed by atoms with van der Waals surface area (Å²) in [5.41, 5.74) is 6.11. The molecule has 3 N–H and O–H groups in total. The molecule has 3 aromatic carbocycles. The summed E-state index contributed by atoms with van der Waals surface area (Å²) in [6.07, 6.45) is 1.90. The summed E-state index contributed by atoms with van der Waals surface area (Å²) in [6, 6.07) is 22.9. The molecule has 3 aliphatic rings. The highest BCUT2D eigenvalue weighted by molar-refractivity contribution is 9.10. The fourth-order valence-electron chi connectivity index (χ4n) is 13.7.